The number of para-hydroxylation sites is 2. The van der Waals surface area contributed by atoms with E-state index in [2.05, 4.69) is 0 Å². The van der Waals surface area contributed by atoms with Crippen LogP contribution in [0.5, 0.6) is 11.5 Å². The number of aromatic nitrogens is 1. The summed E-state index contributed by atoms with van der Waals surface area (Å²) in [6.07, 6.45) is 2.05. The first kappa shape index (κ1) is 17.9. The molecule has 0 amide bonds. The van der Waals surface area contributed by atoms with E-state index in [9.17, 15) is 9.90 Å². The molecule has 0 spiro atoms. The van der Waals surface area contributed by atoms with E-state index in [4.69, 9.17) is 4.74 Å². The van der Waals surface area contributed by atoms with Crippen LogP contribution in [0.2, 0.25) is 0 Å². The zero-order valence-electron chi connectivity index (χ0n) is 15.6. The molecule has 0 saturated heterocycles. The van der Waals surface area contributed by atoms with Crippen molar-refractivity contribution in [2.45, 2.75) is 12.3 Å². The fourth-order valence-corrected chi connectivity index (χ4v) is 3.65. The van der Waals surface area contributed by atoms with E-state index in [1.165, 1.54) is 0 Å². The minimum absolute atomic E-state index is 0.0167. The summed E-state index contributed by atoms with van der Waals surface area (Å²) in [6, 6.07) is 25.3. The summed E-state index contributed by atoms with van der Waals surface area (Å²) in [5.74, 6) is 0.356. The summed E-state index contributed by atoms with van der Waals surface area (Å²) in [5.41, 5.74) is 3.02. The lowest BCUT2D eigenvalue weighted by Crippen LogP contribution is -2.08. The number of aryl methyl sites for hydroxylation is 1. The van der Waals surface area contributed by atoms with Gasteiger partial charge in [-0.2, -0.15) is 0 Å². The molecular weight excluding hydrogens is 350 g/mol. The van der Waals surface area contributed by atoms with Crippen molar-refractivity contribution < 1.29 is 14.6 Å². The molecule has 0 aliphatic carbocycles. The molecule has 1 unspecified atom stereocenters. The average molecular weight is 371 g/mol. The molecule has 28 heavy (non-hydrogen) atoms. The standard InChI is InChI=1S/C24H21NO3/c1-25-16-22(20-12-5-6-13-23(20)25)21(15-24(26)27)17-8-7-11-19(14-17)28-18-9-3-2-4-10-18/h2-14,16,21H,15H2,1H3,(H,26,27). The van der Waals surface area contributed by atoms with Crippen LogP contribution in [-0.4, -0.2) is 15.6 Å². The zero-order chi connectivity index (χ0) is 19.5. The number of carboxylic acids is 1. The second-order valence-electron chi connectivity index (χ2n) is 6.85. The third-order valence-corrected chi connectivity index (χ3v) is 4.92. The fourth-order valence-electron chi connectivity index (χ4n) is 3.65. The number of carboxylic acid groups (broad SMARTS) is 1. The molecule has 0 saturated carbocycles. The highest BCUT2D eigenvalue weighted by molar-refractivity contribution is 5.85. The highest BCUT2D eigenvalue weighted by Gasteiger charge is 2.22. The van der Waals surface area contributed by atoms with E-state index >= 15 is 0 Å². The van der Waals surface area contributed by atoms with E-state index in [1.807, 2.05) is 96.7 Å². The maximum absolute atomic E-state index is 11.6. The Kier molecular flexibility index (Phi) is 4.85. The van der Waals surface area contributed by atoms with Crippen molar-refractivity contribution in [2.24, 2.45) is 7.05 Å². The predicted molar refractivity (Wildman–Crippen MR) is 110 cm³/mol. The Morgan fingerprint density at radius 2 is 1.68 bits per heavy atom. The van der Waals surface area contributed by atoms with Crippen molar-refractivity contribution in [1.82, 2.24) is 4.57 Å². The molecule has 0 aliphatic rings. The fraction of sp³-hybridized carbons (Fsp3) is 0.125. The maximum Gasteiger partial charge on any atom is 0.304 e. The van der Waals surface area contributed by atoms with Gasteiger partial charge in [0.05, 0.1) is 6.42 Å². The van der Waals surface area contributed by atoms with Crippen LogP contribution in [0.4, 0.5) is 0 Å². The molecule has 4 rings (SSSR count). The van der Waals surface area contributed by atoms with Crippen LogP contribution in [0.3, 0.4) is 0 Å². The molecule has 0 bridgehead atoms. The molecule has 4 aromatic rings. The second kappa shape index (κ2) is 7.61. The predicted octanol–water partition coefficient (Wildman–Crippen LogP) is 5.58. The van der Waals surface area contributed by atoms with Gasteiger partial charge in [-0.05, 0) is 41.5 Å². The Hall–Kier alpha value is -3.53. The highest BCUT2D eigenvalue weighted by Crippen LogP contribution is 2.36. The van der Waals surface area contributed by atoms with Gasteiger partial charge < -0.3 is 14.4 Å². The Morgan fingerprint density at radius 1 is 0.964 bits per heavy atom. The third kappa shape index (κ3) is 3.62. The van der Waals surface area contributed by atoms with E-state index < -0.39 is 5.97 Å². The lowest BCUT2D eigenvalue weighted by molar-refractivity contribution is -0.137. The summed E-state index contributed by atoms with van der Waals surface area (Å²) >= 11 is 0. The van der Waals surface area contributed by atoms with Gasteiger partial charge in [0.2, 0.25) is 0 Å². The Balaban J connectivity index is 1.76. The van der Waals surface area contributed by atoms with Crippen molar-refractivity contribution >= 4 is 16.9 Å². The number of nitrogens with zero attached hydrogens (tertiary/aromatic N) is 1. The SMILES string of the molecule is Cn1cc(C(CC(=O)O)c2cccc(Oc3ccccc3)c2)c2ccccc21. The summed E-state index contributed by atoms with van der Waals surface area (Å²) in [4.78, 5) is 11.6. The monoisotopic (exact) mass is 371 g/mol. The minimum atomic E-state index is -0.827. The van der Waals surface area contributed by atoms with E-state index in [1.54, 1.807) is 0 Å². The van der Waals surface area contributed by atoms with Crippen LogP contribution < -0.4 is 4.74 Å². The third-order valence-electron chi connectivity index (χ3n) is 4.92. The number of hydrogen-bond acceptors (Lipinski definition) is 2. The first-order valence-electron chi connectivity index (χ1n) is 9.20. The molecule has 0 aliphatic heterocycles. The molecule has 3 aromatic carbocycles. The topological polar surface area (TPSA) is 51.5 Å². The second-order valence-corrected chi connectivity index (χ2v) is 6.85. The normalized spacial score (nSPS) is 12.0. The molecule has 140 valence electrons. The van der Waals surface area contributed by atoms with Crippen molar-refractivity contribution in [3.8, 4) is 11.5 Å². The highest BCUT2D eigenvalue weighted by atomic mass is 16.5. The van der Waals surface area contributed by atoms with Gasteiger partial charge in [0.15, 0.2) is 0 Å². The number of ether oxygens (including phenoxy) is 1. The van der Waals surface area contributed by atoms with Crippen LogP contribution >= 0.6 is 0 Å². The molecule has 1 heterocycles. The number of rotatable bonds is 6. The van der Waals surface area contributed by atoms with E-state index in [0.717, 1.165) is 27.8 Å². The van der Waals surface area contributed by atoms with Gasteiger partial charge in [0.1, 0.15) is 11.5 Å². The van der Waals surface area contributed by atoms with Gasteiger partial charge in [-0.25, -0.2) is 0 Å². The van der Waals surface area contributed by atoms with Crippen LogP contribution in [0.1, 0.15) is 23.5 Å². The average Bonchev–Trinajstić information content (AvgIpc) is 3.04. The summed E-state index contributed by atoms with van der Waals surface area (Å²) in [5, 5.41) is 10.6. The first-order chi connectivity index (χ1) is 13.6. The number of hydrogen-bond donors (Lipinski definition) is 1. The minimum Gasteiger partial charge on any atom is -0.481 e. The molecular formula is C24H21NO3. The summed E-state index contributed by atoms with van der Waals surface area (Å²) in [6.45, 7) is 0. The quantitative estimate of drug-likeness (QED) is 0.481. The summed E-state index contributed by atoms with van der Waals surface area (Å²) in [7, 11) is 1.98. The van der Waals surface area contributed by atoms with Crippen molar-refractivity contribution in [2.75, 3.05) is 0 Å². The van der Waals surface area contributed by atoms with Gasteiger partial charge in [0, 0.05) is 30.1 Å². The lowest BCUT2D eigenvalue weighted by atomic mass is 9.88. The Labute approximate surface area is 163 Å². The summed E-state index contributed by atoms with van der Waals surface area (Å²) < 4.78 is 8.00. The van der Waals surface area contributed by atoms with Gasteiger partial charge in [-0.3, -0.25) is 4.79 Å². The van der Waals surface area contributed by atoms with Crippen molar-refractivity contribution in [3.63, 3.8) is 0 Å². The largest absolute Gasteiger partial charge is 0.481 e. The van der Waals surface area contributed by atoms with E-state index in [-0.39, 0.29) is 12.3 Å². The van der Waals surface area contributed by atoms with Crippen LogP contribution in [-0.2, 0) is 11.8 Å². The van der Waals surface area contributed by atoms with Crippen molar-refractivity contribution in [1.29, 1.82) is 0 Å². The molecule has 1 atom stereocenters. The van der Waals surface area contributed by atoms with Gasteiger partial charge in [0.25, 0.3) is 0 Å². The number of benzene rings is 3. The molecule has 4 nitrogen and oxygen atoms in total. The molecule has 4 heteroatoms. The molecule has 1 N–H and O–H groups in total. The van der Waals surface area contributed by atoms with Gasteiger partial charge in [-0.15, -0.1) is 0 Å². The van der Waals surface area contributed by atoms with Gasteiger partial charge >= 0.3 is 5.97 Å². The molecule has 0 fully saturated rings. The Bertz CT molecular complexity index is 1120. The van der Waals surface area contributed by atoms with Crippen molar-refractivity contribution in [3.05, 3.63) is 96.2 Å². The van der Waals surface area contributed by atoms with E-state index in [0.29, 0.717) is 5.75 Å². The van der Waals surface area contributed by atoms with Crippen LogP contribution in [0.15, 0.2) is 85.1 Å². The molecule has 1 aromatic heterocycles. The first-order valence-corrected chi connectivity index (χ1v) is 9.20. The lowest BCUT2D eigenvalue weighted by Gasteiger charge is -2.16. The van der Waals surface area contributed by atoms with Gasteiger partial charge in [-0.1, -0.05) is 48.5 Å². The Morgan fingerprint density at radius 3 is 2.46 bits per heavy atom. The number of aliphatic carboxylic acids is 1. The number of fused-ring (bicyclic) bond motifs is 1. The zero-order valence-corrected chi connectivity index (χ0v) is 15.6. The number of carbonyl (C=O) groups is 1. The smallest absolute Gasteiger partial charge is 0.304 e. The van der Waals surface area contributed by atoms with Crippen LogP contribution in [0, 0.1) is 0 Å². The molecule has 0 radical (unpaired) electrons. The van der Waals surface area contributed by atoms with Crippen LogP contribution in [0.25, 0.3) is 10.9 Å². The maximum atomic E-state index is 11.6.